The first-order chi connectivity index (χ1) is 7.24. The van der Waals surface area contributed by atoms with E-state index in [9.17, 15) is 0 Å². The van der Waals surface area contributed by atoms with E-state index >= 15 is 0 Å². The molecular weight excluding hydrogens is 192 g/mol. The van der Waals surface area contributed by atoms with Crippen molar-refractivity contribution in [1.29, 1.82) is 0 Å². The summed E-state index contributed by atoms with van der Waals surface area (Å²) in [7, 11) is 0. The predicted molar refractivity (Wildman–Crippen MR) is 61.1 cm³/mol. The molecule has 0 atom stereocenters. The fourth-order valence-electron chi connectivity index (χ4n) is 1.85. The number of ether oxygens (including phenoxy) is 1. The van der Waals surface area contributed by atoms with Crippen LogP contribution >= 0.6 is 0 Å². The number of hydrogen-bond donors (Lipinski definition) is 1. The molecule has 0 radical (unpaired) electrons. The van der Waals surface area contributed by atoms with Crippen molar-refractivity contribution in [2.75, 3.05) is 52.5 Å². The Hall–Kier alpha value is -0.160. The number of hydrogen-bond acceptors (Lipinski definition) is 4. The lowest BCUT2D eigenvalue weighted by Crippen LogP contribution is -2.43. The number of aliphatic hydroxyl groups excluding tert-OH is 1. The van der Waals surface area contributed by atoms with Crippen LogP contribution in [0.1, 0.15) is 13.8 Å². The van der Waals surface area contributed by atoms with Crippen LogP contribution in [0.15, 0.2) is 0 Å². The SMILES string of the molecule is CC(C)N(CCO)CCN1CCOCC1. The molecule has 4 nitrogen and oxygen atoms in total. The molecule has 1 N–H and O–H groups in total. The van der Waals surface area contributed by atoms with E-state index in [1.54, 1.807) is 0 Å². The molecule has 0 saturated carbocycles. The molecule has 0 unspecified atom stereocenters. The van der Waals surface area contributed by atoms with Crippen LogP contribution in [0.4, 0.5) is 0 Å². The van der Waals surface area contributed by atoms with Crippen molar-refractivity contribution in [1.82, 2.24) is 9.80 Å². The molecule has 0 aromatic carbocycles. The number of morpholine rings is 1. The zero-order valence-electron chi connectivity index (χ0n) is 9.98. The van der Waals surface area contributed by atoms with Gasteiger partial charge in [-0.15, -0.1) is 0 Å². The Morgan fingerprint density at radius 2 is 1.93 bits per heavy atom. The van der Waals surface area contributed by atoms with E-state index in [0.717, 1.165) is 45.9 Å². The minimum Gasteiger partial charge on any atom is -0.395 e. The fraction of sp³-hybridized carbons (Fsp3) is 1.00. The fourth-order valence-corrected chi connectivity index (χ4v) is 1.85. The van der Waals surface area contributed by atoms with Crippen molar-refractivity contribution < 1.29 is 9.84 Å². The first-order valence-electron chi connectivity index (χ1n) is 5.89. The first kappa shape index (κ1) is 12.9. The maximum atomic E-state index is 8.95. The lowest BCUT2D eigenvalue weighted by Gasteiger charge is -2.31. The molecule has 1 aliphatic rings. The van der Waals surface area contributed by atoms with Crippen LogP contribution < -0.4 is 0 Å². The second kappa shape index (κ2) is 7.17. The Bertz CT molecular complexity index is 159. The lowest BCUT2D eigenvalue weighted by molar-refractivity contribution is 0.0305. The van der Waals surface area contributed by atoms with Gasteiger partial charge in [0.05, 0.1) is 19.8 Å². The van der Waals surface area contributed by atoms with Crippen LogP contribution in [0.3, 0.4) is 0 Å². The Morgan fingerprint density at radius 3 is 2.47 bits per heavy atom. The summed E-state index contributed by atoms with van der Waals surface area (Å²) in [6.07, 6.45) is 0. The quantitative estimate of drug-likeness (QED) is 0.679. The van der Waals surface area contributed by atoms with Crippen LogP contribution in [0.2, 0.25) is 0 Å². The maximum absolute atomic E-state index is 8.95. The van der Waals surface area contributed by atoms with Crippen LogP contribution in [0, 0.1) is 0 Å². The van der Waals surface area contributed by atoms with Gasteiger partial charge in [-0.05, 0) is 13.8 Å². The van der Waals surface area contributed by atoms with Gasteiger partial charge in [0.25, 0.3) is 0 Å². The third kappa shape index (κ3) is 4.93. The Kier molecular flexibility index (Phi) is 6.17. The van der Waals surface area contributed by atoms with Crippen molar-refractivity contribution >= 4 is 0 Å². The molecule has 0 aromatic heterocycles. The highest BCUT2D eigenvalue weighted by molar-refractivity contribution is 4.68. The highest BCUT2D eigenvalue weighted by Gasteiger charge is 2.13. The van der Waals surface area contributed by atoms with E-state index in [-0.39, 0.29) is 6.61 Å². The molecule has 1 aliphatic heterocycles. The molecule has 1 rings (SSSR count). The van der Waals surface area contributed by atoms with E-state index in [2.05, 4.69) is 23.6 Å². The molecule has 1 saturated heterocycles. The average Bonchev–Trinajstić information content (AvgIpc) is 2.25. The monoisotopic (exact) mass is 216 g/mol. The number of nitrogens with zero attached hydrogens (tertiary/aromatic N) is 2. The van der Waals surface area contributed by atoms with E-state index in [4.69, 9.17) is 9.84 Å². The van der Waals surface area contributed by atoms with Crippen LogP contribution in [0.25, 0.3) is 0 Å². The molecule has 0 bridgehead atoms. The minimum absolute atomic E-state index is 0.251. The molecule has 15 heavy (non-hydrogen) atoms. The number of aliphatic hydroxyl groups is 1. The summed E-state index contributed by atoms with van der Waals surface area (Å²) in [5.41, 5.74) is 0. The summed E-state index contributed by atoms with van der Waals surface area (Å²) < 4.78 is 5.31. The largest absolute Gasteiger partial charge is 0.395 e. The Labute approximate surface area is 92.8 Å². The smallest absolute Gasteiger partial charge is 0.0594 e. The normalized spacial score (nSPS) is 19.0. The zero-order valence-corrected chi connectivity index (χ0v) is 9.98. The standard InChI is InChI=1S/C11H24N2O2/c1-11(2)13(5-8-14)4-3-12-6-9-15-10-7-12/h11,14H,3-10H2,1-2H3. The average molecular weight is 216 g/mol. The molecule has 0 aliphatic carbocycles. The van der Waals surface area contributed by atoms with Crippen molar-refractivity contribution in [2.45, 2.75) is 19.9 Å². The van der Waals surface area contributed by atoms with Crippen molar-refractivity contribution in [3.63, 3.8) is 0 Å². The van der Waals surface area contributed by atoms with Crippen LogP contribution in [-0.4, -0.2) is 73.5 Å². The molecule has 0 aromatic rings. The van der Waals surface area contributed by atoms with E-state index < -0.39 is 0 Å². The van der Waals surface area contributed by atoms with Crippen molar-refractivity contribution in [3.05, 3.63) is 0 Å². The highest BCUT2D eigenvalue weighted by Crippen LogP contribution is 2.00. The molecular formula is C11H24N2O2. The molecule has 1 heterocycles. The van der Waals surface area contributed by atoms with Gasteiger partial charge >= 0.3 is 0 Å². The first-order valence-corrected chi connectivity index (χ1v) is 5.89. The molecule has 1 fully saturated rings. The van der Waals surface area contributed by atoms with Gasteiger partial charge in [0, 0.05) is 38.8 Å². The van der Waals surface area contributed by atoms with Crippen LogP contribution in [-0.2, 0) is 4.74 Å². The molecule has 0 spiro atoms. The van der Waals surface area contributed by atoms with E-state index in [0.29, 0.717) is 6.04 Å². The van der Waals surface area contributed by atoms with E-state index in [1.807, 2.05) is 0 Å². The molecule has 0 amide bonds. The van der Waals surface area contributed by atoms with Gasteiger partial charge in [-0.25, -0.2) is 0 Å². The molecule has 90 valence electrons. The van der Waals surface area contributed by atoms with Gasteiger partial charge in [0.2, 0.25) is 0 Å². The summed E-state index contributed by atoms with van der Waals surface area (Å²) in [5.74, 6) is 0. The summed E-state index contributed by atoms with van der Waals surface area (Å²) in [6.45, 7) is 11.3. The summed E-state index contributed by atoms with van der Waals surface area (Å²) in [6, 6.07) is 0.512. The van der Waals surface area contributed by atoms with E-state index in [1.165, 1.54) is 0 Å². The zero-order chi connectivity index (χ0) is 11.1. The molecule has 4 heteroatoms. The Morgan fingerprint density at radius 1 is 1.27 bits per heavy atom. The van der Waals surface area contributed by atoms with Crippen molar-refractivity contribution in [3.8, 4) is 0 Å². The van der Waals surface area contributed by atoms with Gasteiger partial charge in [-0.1, -0.05) is 0 Å². The lowest BCUT2D eigenvalue weighted by atomic mass is 10.3. The maximum Gasteiger partial charge on any atom is 0.0594 e. The minimum atomic E-state index is 0.251. The van der Waals surface area contributed by atoms with Gasteiger partial charge in [0.1, 0.15) is 0 Å². The second-order valence-electron chi connectivity index (χ2n) is 4.31. The number of rotatable bonds is 6. The highest BCUT2D eigenvalue weighted by atomic mass is 16.5. The third-order valence-electron chi connectivity index (χ3n) is 2.92. The van der Waals surface area contributed by atoms with Gasteiger partial charge in [0.15, 0.2) is 0 Å². The topological polar surface area (TPSA) is 35.9 Å². The van der Waals surface area contributed by atoms with Gasteiger partial charge in [-0.2, -0.15) is 0 Å². The summed E-state index contributed by atoms with van der Waals surface area (Å²) >= 11 is 0. The second-order valence-corrected chi connectivity index (χ2v) is 4.31. The van der Waals surface area contributed by atoms with Gasteiger partial charge in [-0.3, -0.25) is 9.80 Å². The Balaban J connectivity index is 2.19. The third-order valence-corrected chi connectivity index (χ3v) is 2.92. The summed E-state index contributed by atoms with van der Waals surface area (Å²) in [4.78, 5) is 4.74. The summed E-state index contributed by atoms with van der Waals surface area (Å²) in [5, 5.41) is 8.95. The van der Waals surface area contributed by atoms with Gasteiger partial charge < -0.3 is 9.84 Å². The van der Waals surface area contributed by atoms with Crippen molar-refractivity contribution in [2.24, 2.45) is 0 Å². The predicted octanol–water partition coefficient (Wildman–Crippen LogP) is 0.0213. The van der Waals surface area contributed by atoms with Crippen LogP contribution in [0.5, 0.6) is 0 Å².